The lowest BCUT2D eigenvalue weighted by molar-refractivity contribution is -0.139. The number of sulfonamides is 1. The lowest BCUT2D eigenvalue weighted by Gasteiger charge is -2.40. The van der Waals surface area contributed by atoms with Crippen LogP contribution < -0.4 is 9.46 Å². The second kappa shape index (κ2) is 10.8. The normalized spacial score (nSPS) is 22.6. The van der Waals surface area contributed by atoms with Gasteiger partial charge in [0.15, 0.2) is 0 Å². The average Bonchev–Trinajstić information content (AvgIpc) is 2.73. The van der Waals surface area contributed by atoms with E-state index in [-0.39, 0.29) is 36.8 Å². The van der Waals surface area contributed by atoms with Crippen LogP contribution in [0.2, 0.25) is 5.02 Å². The molecule has 0 unspecified atom stereocenters. The van der Waals surface area contributed by atoms with Gasteiger partial charge in [0, 0.05) is 63.1 Å². The molecule has 11 heteroatoms. The quantitative estimate of drug-likeness (QED) is 0.607. The van der Waals surface area contributed by atoms with Gasteiger partial charge in [-0.15, -0.1) is 0 Å². The van der Waals surface area contributed by atoms with Crippen LogP contribution in [-0.4, -0.2) is 100 Å². The fourth-order valence-corrected chi connectivity index (χ4v) is 4.58. The summed E-state index contributed by atoms with van der Waals surface area (Å²) in [5.74, 6) is 0.148. The van der Waals surface area contributed by atoms with E-state index in [1.165, 1.54) is 0 Å². The summed E-state index contributed by atoms with van der Waals surface area (Å²) < 4.78 is 31.1. The highest BCUT2D eigenvalue weighted by molar-refractivity contribution is 7.88. The maximum absolute atomic E-state index is 13.0. The van der Waals surface area contributed by atoms with Gasteiger partial charge >= 0.3 is 0 Å². The topological polar surface area (TPSA) is 99.3 Å². The molecule has 178 valence electrons. The number of halogens is 1. The van der Waals surface area contributed by atoms with Gasteiger partial charge in [-0.25, -0.2) is 13.1 Å². The van der Waals surface area contributed by atoms with Crippen molar-refractivity contribution in [2.45, 2.75) is 18.9 Å². The second-order valence-electron chi connectivity index (χ2n) is 8.48. The number of amides is 2. The molecule has 2 saturated heterocycles. The molecule has 0 spiro atoms. The van der Waals surface area contributed by atoms with Gasteiger partial charge < -0.3 is 19.4 Å². The molecule has 2 atom stereocenters. The lowest BCUT2D eigenvalue weighted by atomic mass is 9.90. The van der Waals surface area contributed by atoms with Crippen LogP contribution in [0.15, 0.2) is 24.3 Å². The van der Waals surface area contributed by atoms with Crippen LogP contribution >= 0.6 is 11.6 Å². The van der Waals surface area contributed by atoms with E-state index in [0.717, 1.165) is 19.3 Å². The van der Waals surface area contributed by atoms with E-state index in [4.69, 9.17) is 16.3 Å². The summed E-state index contributed by atoms with van der Waals surface area (Å²) in [6.45, 7) is 3.49. The summed E-state index contributed by atoms with van der Waals surface area (Å²) in [5.41, 5.74) is 0. The van der Waals surface area contributed by atoms with Gasteiger partial charge in [-0.2, -0.15) is 0 Å². The van der Waals surface area contributed by atoms with Crippen molar-refractivity contribution >= 4 is 33.4 Å². The van der Waals surface area contributed by atoms with Crippen LogP contribution in [0.5, 0.6) is 5.75 Å². The molecule has 0 aliphatic carbocycles. The minimum absolute atomic E-state index is 0.0476. The fraction of sp³-hybridized carbons (Fsp3) is 0.619. The van der Waals surface area contributed by atoms with E-state index in [0.29, 0.717) is 43.4 Å². The maximum atomic E-state index is 13.0. The predicted octanol–water partition coefficient (Wildman–Crippen LogP) is 0.649. The van der Waals surface area contributed by atoms with E-state index in [1.807, 2.05) is 18.0 Å². The molecule has 0 bridgehead atoms. The monoisotopic (exact) mass is 486 g/mol. The van der Waals surface area contributed by atoms with Crippen LogP contribution in [0.4, 0.5) is 0 Å². The Kier molecular flexibility index (Phi) is 8.37. The van der Waals surface area contributed by atoms with Gasteiger partial charge in [0.05, 0.1) is 12.8 Å². The number of piperazine rings is 1. The van der Waals surface area contributed by atoms with Crippen molar-refractivity contribution < 1.29 is 22.7 Å². The number of likely N-dealkylation sites (N-methyl/N-ethyl adjacent to an activating group) is 1. The largest absolute Gasteiger partial charge is 0.490 e. The summed E-state index contributed by atoms with van der Waals surface area (Å²) in [6.07, 6.45) is 1.57. The second-order valence-corrected chi connectivity index (χ2v) is 10.8. The minimum atomic E-state index is -3.46. The van der Waals surface area contributed by atoms with Gasteiger partial charge in [0.2, 0.25) is 21.8 Å². The molecule has 2 aliphatic heterocycles. The highest BCUT2D eigenvalue weighted by Crippen LogP contribution is 2.28. The highest BCUT2D eigenvalue weighted by Gasteiger charge is 2.35. The number of piperidine rings is 1. The van der Waals surface area contributed by atoms with E-state index in [9.17, 15) is 18.0 Å². The molecule has 1 N–H and O–H groups in total. The number of likely N-dealkylation sites (tertiary alicyclic amines) is 1. The van der Waals surface area contributed by atoms with Gasteiger partial charge in [0.25, 0.3) is 0 Å². The van der Waals surface area contributed by atoms with Crippen molar-refractivity contribution in [3.8, 4) is 5.75 Å². The number of hydrogen-bond acceptors (Lipinski definition) is 6. The molecule has 3 rings (SSSR count). The van der Waals surface area contributed by atoms with Crippen LogP contribution in [0.1, 0.15) is 12.8 Å². The molecular weight excluding hydrogens is 456 g/mol. The van der Waals surface area contributed by atoms with E-state index < -0.39 is 10.0 Å². The number of nitrogens with one attached hydrogen (secondary N) is 1. The van der Waals surface area contributed by atoms with E-state index >= 15 is 0 Å². The third kappa shape index (κ3) is 7.33. The number of ether oxygens (including phenoxy) is 1. The van der Waals surface area contributed by atoms with E-state index in [2.05, 4.69) is 9.62 Å². The van der Waals surface area contributed by atoms with Crippen molar-refractivity contribution in [3.05, 3.63) is 29.3 Å². The predicted molar refractivity (Wildman–Crippen MR) is 122 cm³/mol. The van der Waals surface area contributed by atoms with E-state index in [1.54, 1.807) is 23.1 Å². The minimum Gasteiger partial charge on any atom is -0.490 e. The highest BCUT2D eigenvalue weighted by atomic mass is 35.5. The van der Waals surface area contributed by atoms with Gasteiger partial charge in [-0.1, -0.05) is 17.7 Å². The van der Waals surface area contributed by atoms with Crippen LogP contribution in [0.25, 0.3) is 0 Å². The summed E-state index contributed by atoms with van der Waals surface area (Å²) in [6, 6.07) is 7.11. The molecule has 2 amide bonds. The van der Waals surface area contributed by atoms with Crippen molar-refractivity contribution in [2.24, 2.45) is 5.92 Å². The molecular formula is C21H31ClN4O5S. The average molecular weight is 487 g/mol. The number of carbonyl (C=O) groups excluding carboxylic acids is 2. The van der Waals surface area contributed by atoms with Crippen molar-refractivity contribution in [1.29, 1.82) is 0 Å². The van der Waals surface area contributed by atoms with Gasteiger partial charge in [-0.3, -0.25) is 9.59 Å². The Morgan fingerprint density at radius 3 is 2.50 bits per heavy atom. The molecule has 9 nitrogen and oxygen atoms in total. The summed E-state index contributed by atoms with van der Waals surface area (Å²) in [7, 11) is -1.43. The zero-order valence-corrected chi connectivity index (χ0v) is 20.1. The van der Waals surface area contributed by atoms with Crippen LogP contribution in [0.3, 0.4) is 0 Å². The first-order valence-corrected chi connectivity index (χ1v) is 13.0. The number of benzene rings is 1. The Balaban J connectivity index is 1.68. The molecule has 0 radical (unpaired) electrons. The molecule has 2 aliphatic rings. The fourth-order valence-electron chi connectivity index (χ4n) is 4.02. The summed E-state index contributed by atoms with van der Waals surface area (Å²) in [5, 5.41) is 0.562. The zero-order chi connectivity index (χ0) is 23.3. The first-order valence-electron chi connectivity index (χ1n) is 10.7. The summed E-state index contributed by atoms with van der Waals surface area (Å²) in [4.78, 5) is 31.2. The standard InChI is InChI=1S/C21H31ClN4O5S/c1-24-8-10-25(11-9-24)20(27)12-16-15-26(21(28)14-23-32(2,29)30)7-6-19(16)31-18-5-3-4-17(22)13-18/h3-5,13,16,19,23H,6-12,14-15H2,1-2H3/t16-,19-/m0/s1. The van der Waals surface area contributed by atoms with Crippen molar-refractivity contribution in [1.82, 2.24) is 19.4 Å². The van der Waals surface area contributed by atoms with Gasteiger partial charge in [0.1, 0.15) is 11.9 Å². The maximum Gasteiger partial charge on any atom is 0.237 e. The molecule has 1 aromatic carbocycles. The molecule has 2 fully saturated rings. The summed E-state index contributed by atoms with van der Waals surface area (Å²) >= 11 is 6.08. The molecule has 2 heterocycles. The number of rotatable bonds is 7. The van der Waals surface area contributed by atoms with Crippen molar-refractivity contribution in [3.63, 3.8) is 0 Å². The van der Waals surface area contributed by atoms with Crippen molar-refractivity contribution in [2.75, 3.05) is 59.1 Å². The number of nitrogens with zero attached hydrogens (tertiary/aromatic N) is 3. The Labute approximate surface area is 194 Å². The third-order valence-corrected chi connectivity index (χ3v) is 6.78. The first-order chi connectivity index (χ1) is 15.1. The Morgan fingerprint density at radius 2 is 1.84 bits per heavy atom. The van der Waals surface area contributed by atoms with Gasteiger partial charge in [-0.05, 0) is 25.2 Å². The number of carbonyl (C=O) groups is 2. The lowest BCUT2D eigenvalue weighted by Crippen LogP contribution is -2.52. The molecule has 0 aromatic heterocycles. The Bertz CT molecular complexity index is 921. The first kappa shape index (κ1) is 24.8. The van der Waals surface area contributed by atoms with Crippen LogP contribution in [0, 0.1) is 5.92 Å². The third-order valence-electron chi connectivity index (χ3n) is 5.88. The van der Waals surface area contributed by atoms with Crippen LogP contribution in [-0.2, 0) is 19.6 Å². The molecule has 1 aromatic rings. The Morgan fingerprint density at radius 1 is 1.12 bits per heavy atom. The SMILES string of the molecule is CN1CCN(C(=O)C[C@H]2CN(C(=O)CNS(C)(=O)=O)CC[C@@H]2Oc2cccc(Cl)c2)CC1. The Hall–Kier alpha value is -1.88. The smallest absolute Gasteiger partial charge is 0.237 e. The zero-order valence-electron chi connectivity index (χ0n) is 18.5. The molecule has 32 heavy (non-hydrogen) atoms. The molecule has 0 saturated carbocycles. The number of hydrogen-bond donors (Lipinski definition) is 1.